The van der Waals surface area contributed by atoms with E-state index < -0.39 is 0 Å². The fourth-order valence-electron chi connectivity index (χ4n) is 2.01. The Morgan fingerprint density at radius 1 is 1.73 bits per heavy atom. The van der Waals surface area contributed by atoms with Gasteiger partial charge in [0.15, 0.2) is 0 Å². The van der Waals surface area contributed by atoms with E-state index in [4.69, 9.17) is 10.5 Å². The molecule has 1 aliphatic heterocycles. The minimum atomic E-state index is -0.216. The lowest BCUT2D eigenvalue weighted by Crippen LogP contribution is -2.22. The highest BCUT2D eigenvalue weighted by Crippen LogP contribution is 2.43. The molecule has 3 atom stereocenters. The summed E-state index contributed by atoms with van der Waals surface area (Å²) in [4.78, 5) is 11.7. The van der Waals surface area contributed by atoms with Gasteiger partial charge in [0.05, 0.1) is 12.0 Å². The SMILES string of the molecule is CCOC(=O)C1=CC=CC2SC([NH])CC12. The van der Waals surface area contributed by atoms with Crippen LogP contribution in [0.5, 0.6) is 0 Å². The standard InChI is InChI=1S/C11H14NO2S/c1-2-14-11(13)7-4-3-5-9-8(7)6-10(12)15-9/h3-5,8-10,12H,2,6H2,1H3. The third-order valence-corrected chi connectivity index (χ3v) is 3.99. The number of hydrogen-bond donors (Lipinski definition) is 0. The second-order valence-corrected chi connectivity index (χ2v) is 5.04. The maximum Gasteiger partial charge on any atom is 0.334 e. The van der Waals surface area contributed by atoms with Crippen molar-refractivity contribution in [3.63, 3.8) is 0 Å². The molecule has 1 N–H and O–H groups in total. The van der Waals surface area contributed by atoms with Crippen molar-refractivity contribution in [3.8, 4) is 0 Å². The molecule has 2 aliphatic rings. The normalized spacial score (nSPS) is 33.5. The van der Waals surface area contributed by atoms with Crippen LogP contribution in [0.3, 0.4) is 0 Å². The second-order valence-electron chi connectivity index (χ2n) is 3.66. The van der Waals surface area contributed by atoms with E-state index in [0.717, 1.165) is 12.0 Å². The van der Waals surface area contributed by atoms with Crippen LogP contribution in [0, 0.1) is 5.92 Å². The van der Waals surface area contributed by atoms with Crippen LogP contribution in [0.15, 0.2) is 23.8 Å². The summed E-state index contributed by atoms with van der Waals surface area (Å²) in [5.41, 5.74) is 8.45. The minimum Gasteiger partial charge on any atom is -0.463 e. The molecular weight excluding hydrogens is 210 g/mol. The molecule has 1 heterocycles. The monoisotopic (exact) mass is 224 g/mol. The third-order valence-electron chi connectivity index (χ3n) is 2.67. The van der Waals surface area contributed by atoms with Gasteiger partial charge in [-0.3, -0.25) is 0 Å². The van der Waals surface area contributed by atoms with Gasteiger partial charge in [-0.15, -0.1) is 11.8 Å². The fourth-order valence-corrected chi connectivity index (χ4v) is 3.34. The van der Waals surface area contributed by atoms with Gasteiger partial charge in [-0.05, 0) is 13.3 Å². The first-order chi connectivity index (χ1) is 7.22. The number of nitrogens with one attached hydrogen (secondary N) is 1. The molecule has 0 saturated carbocycles. The fraction of sp³-hybridized carbons (Fsp3) is 0.545. The van der Waals surface area contributed by atoms with Gasteiger partial charge in [-0.25, -0.2) is 10.5 Å². The lowest BCUT2D eigenvalue weighted by atomic mass is 9.88. The molecule has 3 unspecified atom stereocenters. The van der Waals surface area contributed by atoms with E-state index in [2.05, 4.69) is 6.08 Å². The number of carbonyl (C=O) groups is 1. The van der Waals surface area contributed by atoms with Crippen LogP contribution in [-0.2, 0) is 9.53 Å². The summed E-state index contributed by atoms with van der Waals surface area (Å²) in [5.74, 6) is -0.0342. The van der Waals surface area contributed by atoms with Crippen LogP contribution in [0.4, 0.5) is 0 Å². The van der Waals surface area contributed by atoms with Gasteiger partial charge in [-0.1, -0.05) is 18.2 Å². The molecule has 0 spiro atoms. The van der Waals surface area contributed by atoms with Crippen LogP contribution in [0.25, 0.3) is 0 Å². The minimum absolute atomic E-state index is 0.111. The summed E-state index contributed by atoms with van der Waals surface area (Å²) in [6, 6.07) is 0. The van der Waals surface area contributed by atoms with Gasteiger partial charge >= 0.3 is 5.97 Å². The average molecular weight is 224 g/mol. The molecule has 2 rings (SSSR count). The summed E-state index contributed by atoms with van der Waals surface area (Å²) in [6.45, 7) is 2.22. The Bertz CT molecular complexity index is 325. The topological polar surface area (TPSA) is 50.1 Å². The van der Waals surface area contributed by atoms with E-state index in [9.17, 15) is 4.79 Å². The Kier molecular flexibility index (Phi) is 3.17. The molecular formula is C11H14NO2S. The summed E-state index contributed by atoms with van der Waals surface area (Å²) in [6.07, 6.45) is 6.56. The van der Waals surface area contributed by atoms with Crippen molar-refractivity contribution < 1.29 is 9.53 Å². The summed E-state index contributed by atoms with van der Waals surface area (Å²) in [7, 11) is 0. The molecule has 4 heteroatoms. The number of thioether (sulfide) groups is 1. The Morgan fingerprint density at radius 3 is 3.27 bits per heavy atom. The highest BCUT2D eigenvalue weighted by atomic mass is 32.2. The van der Waals surface area contributed by atoms with E-state index in [-0.39, 0.29) is 22.5 Å². The molecule has 3 nitrogen and oxygen atoms in total. The number of esters is 1. The molecule has 1 saturated heterocycles. The van der Waals surface area contributed by atoms with Crippen molar-refractivity contribution >= 4 is 17.7 Å². The van der Waals surface area contributed by atoms with Gasteiger partial charge in [0, 0.05) is 16.7 Å². The largest absolute Gasteiger partial charge is 0.463 e. The van der Waals surface area contributed by atoms with Crippen molar-refractivity contribution in [2.45, 2.75) is 24.0 Å². The molecule has 1 aliphatic carbocycles. The van der Waals surface area contributed by atoms with Crippen LogP contribution in [0.1, 0.15) is 13.3 Å². The molecule has 0 bridgehead atoms. The van der Waals surface area contributed by atoms with Gasteiger partial charge in [0.2, 0.25) is 0 Å². The second kappa shape index (κ2) is 4.41. The molecule has 1 fully saturated rings. The molecule has 0 aromatic rings. The van der Waals surface area contributed by atoms with Gasteiger partial charge in [0.25, 0.3) is 0 Å². The molecule has 0 aromatic carbocycles. The molecule has 0 aromatic heterocycles. The zero-order valence-corrected chi connectivity index (χ0v) is 9.42. The first-order valence-corrected chi connectivity index (χ1v) is 6.08. The lowest BCUT2D eigenvalue weighted by molar-refractivity contribution is -0.139. The van der Waals surface area contributed by atoms with Crippen LogP contribution in [-0.4, -0.2) is 23.2 Å². The van der Waals surface area contributed by atoms with E-state index in [1.165, 1.54) is 0 Å². The molecule has 1 radical (unpaired) electrons. The first kappa shape index (κ1) is 10.8. The highest BCUT2D eigenvalue weighted by Gasteiger charge is 2.38. The average Bonchev–Trinajstić information content (AvgIpc) is 2.57. The quantitative estimate of drug-likeness (QED) is 0.672. The Balaban J connectivity index is 2.14. The number of rotatable bonds is 2. The Hall–Kier alpha value is -0.740. The van der Waals surface area contributed by atoms with Crippen LogP contribution in [0.2, 0.25) is 0 Å². The number of hydrogen-bond acceptors (Lipinski definition) is 3. The predicted molar refractivity (Wildman–Crippen MR) is 60.2 cm³/mol. The molecule has 15 heavy (non-hydrogen) atoms. The Labute approximate surface area is 93.7 Å². The van der Waals surface area contributed by atoms with Crippen molar-refractivity contribution in [3.05, 3.63) is 23.8 Å². The highest BCUT2D eigenvalue weighted by molar-refractivity contribution is 8.00. The number of allylic oxidation sites excluding steroid dienone is 2. The van der Waals surface area contributed by atoms with Crippen molar-refractivity contribution in [2.75, 3.05) is 6.61 Å². The van der Waals surface area contributed by atoms with Gasteiger partial charge in [-0.2, -0.15) is 0 Å². The lowest BCUT2D eigenvalue weighted by Gasteiger charge is -2.20. The smallest absolute Gasteiger partial charge is 0.334 e. The van der Waals surface area contributed by atoms with E-state index in [1.54, 1.807) is 11.8 Å². The van der Waals surface area contributed by atoms with Crippen molar-refractivity contribution in [1.82, 2.24) is 5.73 Å². The number of carbonyl (C=O) groups excluding carboxylic acids is 1. The maximum absolute atomic E-state index is 11.7. The van der Waals surface area contributed by atoms with E-state index in [0.29, 0.717) is 6.61 Å². The number of fused-ring (bicyclic) bond motifs is 1. The molecule has 81 valence electrons. The van der Waals surface area contributed by atoms with Gasteiger partial charge < -0.3 is 4.74 Å². The van der Waals surface area contributed by atoms with Gasteiger partial charge in [0.1, 0.15) is 0 Å². The zero-order chi connectivity index (χ0) is 10.8. The zero-order valence-electron chi connectivity index (χ0n) is 8.60. The molecule has 0 amide bonds. The van der Waals surface area contributed by atoms with Crippen molar-refractivity contribution in [1.29, 1.82) is 0 Å². The van der Waals surface area contributed by atoms with Crippen molar-refractivity contribution in [2.24, 2.45) is 5.92 Å². The third kappa shape index (κ3) is 2.11. The Morgan fingerprint density at radius 2 is 2.53 bits per heavy atom. The summed E-state index contributed by atoms with van der Waals surface area (Å²) >= 11 is 1.62. The van der Waals surface area contributed by atoms with Crippen LogP contribution >= 0.6 is 11.8 Å². The first-order valence-electron chi connectivity index (χ1n) is 5.14. The maximum atomic E-state index is 11.7. The van der Waals surface area contributed by atoms with E-state index in [1.807, 2.05) is 19.1 Å². The predicted octanol–water partition coefficient (Wildman–Crippen LogP) is 1.78. The van der Waals surface area contributed by atoms with E-state index >= 15 is 0 Å². The summed E-state index contributed by atoms with van der Waals surface area (Å²) in [5, 5.41) is 0.178. The summed E-state index contributed by atoms with van der Waals surface area (Å²) < 4.78 is 5.01. The number of ether oxygens (including phenoxy) is 1. The van der Waals surface area contributed by atoms with Crippen LogP contribution < -0.4 is 5.73 Å².